The van der Waals surface area contributed by atoms with E-state index in [-0.39, 0.29) is 17.2 Å². The van der Waals surface area contributed by atoms with Crippen LogP contribution in [0.25, 0.3) is 44.2 Å². The van der Waals surface area contributed by atoms with E-state index in [0.717, 1.165) is 24.2 Å². The molecule has 194 valence electrons. The van der Waals surface area contributed by atoms with Crippen LogP contribution in [0.2, 0.25) is 0 Å². The van der Waals surface area contributed by atoms with Crippen molar-refractivity contribution in [1.82, 2.24) is 14.8 Å². The lowest BCUT2D eigenvalue weighted by molar-refractivity contribution is 0.304. The average molecular weight is 504 g/mol. The van der Waals surface area contributed by atoms with Crippen LogP contribution in [0.4, 0.5) is 0 Å². The molecule has 3 heterocycles. The molecule has 8 nitrogen and oxygen atoms in total. The fraction of sp³-hybridized carbons (Fsp3) is 0.379. The van der Waals surface area contributed by atoms with E-state index in [0.29, 0.717) is 39.7 Å². The SMILES string of the molecule is CCCCCCCCOc1ccc(-c2c3oc4c(O)c(=O)ccc4c3[nH]c3c2c(=O)[nH]n3C(C)C)cc1. The Hall–Kier alpha value is -3.94. The van der Waals surface area contributed by atoms with Gasteiger partial charge in [-0.3, -0.25) is 19.4 Å². The number of hydrogen-bond donors (Lipinski definition) is 3. The number of pyridine rings is 1. The number of unbranched alkanes of at least 4 members (excludes halogenated alkanes) is 5. The molecular formula is C29H33N3O5. The Bertz CT molecular complexity index is 1670. The molecule has 0 saturated carbocycles. The summed E-state index contributed by atoms with van der Waals surface area (Å²) in [6.45, 7) is 6.84. The van der Waals surface area contributed by atoms with E-state index in [1.165, 1.54) is 31.7 Å². The fourth-order valence-corrected chi connectivity index (χ4v) is 4.92. The number of aromatic amines is 2. The number of fused-ring (bicyclic) bond motifs is 4. The summed E-state index contributed by atoms with van der Waals surface area (Å²) in [7, 11) is 0. The largest absolute Gasteiger partial charge is 0.502 e. The first-order valence-electron chi connectivity index (χ1n) is 13.1. The van der Waals surface area contributed by atoms with E-state index < -0.39 is 11.2 Å². The molecule has 0 aliphatic rings. The van der Waals surface area contributed by atoms with E-state index in [4.69, 9.17) is 9.15 Å². The summed E-state index contributed by atoms with van der Waals surface area (Å²) in [5, 5.41) is 14.3. The Kier molecular flexibility index (Phi) is 6.82. The highest BCUT2D eigenvalue weighted by atomic mass is 16.5. The maximum absolute atomic E-state index is 13.2. The molecule has 3 N–H and O–H groups in total. The molecule has 0 aliphatic carbocycles. The first kappa shape index (κ1) is 24.7. The molecule has 0 fully saturated rings. The van der Waals surface area contributed by atoms with Gasteiger partial charge in [0.2, 0.25) is 11.2 Å². The van der Waals surface area contributed by atoms with E-state index >= 15 is 0 Å². The summed E-state index contributed by atoms with van der Waals surface area (Å²) in [6, 6.07) is 10.5. The molecule has 0 saturated heterocycles. The van der Waals surface area contributed by atoms with Gasteiger partial charge in [-0.05, 0) is 50.1 Å². The summed E-state index contributed by atoms with van der Waals surface area (Å²) < 4.78 is 13.8. The molecule has 5 rings (SSSR count). The fourth-order valence-electron chi connectivity index (χ4n) is 4.92. The second-order valence-corrected chi connectivity index (χ2v) is 9.86. The number of aromatic hydroxyl groups is 1. The Morgan fingerprint density at radius 3 is 2.43 bits per heavy atom. The van der Waals surface area contributed by atoms with Crippen LogP contribution in [0.1, 0.15) is 65.3 Å². The van der Waals surface area contributed by atoms with Crippen molar-refractivity contribution in [2.24, 2.45) is 0 Å². The number of phenols is 1. The summed E-state index contributed by atoms with van der Waals surface area (Å²) >= 11 is 0. The van der Waals surface area contributed by atoms with Gasteiger partial charge in [-0.15, -0.1) is 0 Å². The van der Waals surface area contributed by atoms with Crippen molar-refractivity contribution in [3.05, 3.63) is 57.0 Å². The van der Waals surface area contributed by atoms with Crippen LogP contribution in [0.15, 0.2) is 50.4 Å². The minimum atomic E-state index is -0.519. The van der Waals surface area contributed by atoms with Crippen LogP contribution in [-0.4, -0.2) is 26.5 Å². The predicted octanol–water partition coefficient (Wildman–Crippen LogP) is 6.61. The standard InChI is InChI=1S/C29H33N3O5/c1-4-5-6-7-8-9-16-36-19-12-10-18(11-13-19)22-23-28(32(17(2)3)31-29(23)35)30-24-20-14-15-21(33)25(34)26(20)37-27(22)24/h10-15,17,30,34H,4-9,16H2,1-3H3,(H,31,35). The lowest BCUT2D eigenvalue weighted by atomic mass is 10.0. The Morgan fingerprint density at radius 2 is 1.70 bits per heavy atom. The van der Waals surface area contributed by atoms with Crippen molar-refractivity contribution in [3.8, 4) is 22.6 Å². The number of ether oxygens (including phenoxy) is 1. The number of aromatic nitrogens is 3. The van der Waals surface area contributed by atoms with E-state index in [1.807, 2.05) is 38.1 Å². The molecular weight excluding hydrogens is 470 g/mol. The lowest BCUT2D eigenvalue weighted by Crippen LogP contribution is -2.07. The van der Waals surface area contributed by atoms with E-state index in [9.17, 15) is 14.7 Å². The van der Waals surface area contributed by atoms with Crippen molar-refractivity contribution >= 4 is 33.1 Å². The maximum Gasteiger partial charge on any atom is 0.274 e. The minimum Gasteiger partial charge on any atom is -0.502 e. The highest BCUT2D eigenvalue weighted by molar-refractivity contribution is 6.15. The zero-order valence-corrected chi connectivity index (χ0v) is 21.5. The number of nitrogens with zero attached hydrogens (tertiary/aromatic N) is 1. The quantitative estimate of drug-likeness (QED) is 0.186. The van der Waals surface area contributed by atoms with Crippen molar-refractivity contribution in [2.75, 3.05) is 6.61 Å². The third-order valence-corrected chi connectivity index (χ3v) is 6.87. The van der Waals surface area contributed by atoms with E-state index in [1.54, 1.807) is 10.7 Å². The van der Waals surface area contributed by atoms with Crippen LogP contribution in [0, 0.1) is 0 Å². The summed E-state index contributed by atoms with van der Waals surface area (Å²) in [5.41, 5.74) is 2.29. The number of rotatable bonds is 10. The van der Waals surface area contributed by atoms with Crippen molar-refractivity contribution in [2.45, 2.75) is 65.3 Å². The zero-order valence-electron chi connectivity index (χ0n) is 21.5. The Morgan fingerprint density at radius 1 is 0.973 bits per heavy atom. The molecule has 0 amide bonds. The lowest BCUT2D eigenvalue weighted by Gasteiger charge is -2.11. The predicted molar refractivity (Wildman–Crippen MR) is 147 cm³/mol. The first-order chi connectivity index (χ1) is 17.9. The van der Waals surface area contributed by atoms with Crippen LogP contribution >= 0.6 is 0 Å². The van der Waals surface area contributed by atoms with Crippen LogP contribution in [-0.2, 0) is 0 Å². The number of nitrogens with one attached hydrogen (secondary N) is 2. The first-order valence-corrected chi connectivity index (χ1v) is 13.1. The summed E-state index contributed by atoms with van der Waals surface area (Å²) in [6.07, 6.45) is 7.21. The van der Waals surface area contributed by atoms with Gasteiger partial charge in [-0.25, -0.2) is 0 Å². The molecule has 0 aliphatic heterocycles. The van der Waals surface area contributed by atoms with Crippen molar-refractivity contribution in [1.29, 1.82) is 0 Å². The highest BCUT2D eigenvalue weighted by Gasteiger charge is 2.24. The monoisotopic (exact) mass is 503 g/mol. The molecule has 0 spiro atoms. The number of furan rings is 1. The van der Waals surface area contributed by atoms with Gasteiger partial charge >= 0.3 is 0 Å². The third-order valence-electron chi connectivity index (χ3n) is 6.87. The second kappa shape index (κ2) is 10.2. The number of benzene rings is 2. The number of H-pyrrole nitrogens is 2. The smallest absolute Gasteiger partial charge is 0.274 e. The van der Waals surface area contributed by atoms with E-state index in [2.05, 4.69) is 17.0 Å². The van der Waals surface area contributed by atoms with Crippen molar-refractivity contribution in [3.63, 3.8) is 0 Å². The maximum atomic E-state index is 13.2. The highest BCUT2D eigenvalue weighted by Crippen LogP contribution is 2.40. The van der Waals surface area contributed by atoms with Crippen molar-refractivity contribution < 1.29 is 14.3 Å². The Labute approximate surface area is 213 Å². The van der Waals surface area contributed by atoms with Crippen LogP contribution in [0.3, 0.4) is 0 Å². The van der Waals surface area contributed by atoms with Gasteiger partial charge in [0.05, 0.1) is 17.5 Å². The van der Waals surface area contributed by atoms with Gasteiger partial charge in [-0.1, -0.05) is 51.2 Å². The molecule has 8 heteroatoms. The van der Waals surface area contributed by atoms with Gasteiger partial charge in [-0.2, -0.15) is 0 Å². The summed E-state index contributed by atoms with van der Waals surface area (Å²) in [5.74, 6) is 0.316. The molecule has 0 radical (unpaired) electrons. The normalized spacial score (nSPS) is 11.9. The molecule has 0 atom stereocenters. The molecule has 5 aromatic rings. The Balaban J connectivity index is 1.57. The van der Waals surface area contributed by atoms with Gasteiger partial charge < -0.3 is 19.2 Å². The molecule has 37 heavy (non-hydrogen) atoms. The van der Waals surface area contributed by atoms with Gasteiger partial charge in [0, 0.05) is 17.0 Å². The summed E-state index contributed by atoms with van der Waals surface area (Å²) in [4.78, 5) is 28.5. The minimum absolute atomic E-state index is 0.00990. The third kappa shape index (κ3) is 4.52. The molecule has 0 unspecified atom stereocenters. The molecule has 3 aromatic heterocycles. The molecule has 2 aromatic carbocycles. The average Bonchev–Trinajstić information content (AvgIpc) is 3.43. The molecule has 0 bridgehead atoms. The van der Waals surface area contributed by atoms with Crippen LogP contribution < -0.4 is 15.7 Å². The van der Waals surface area contributed by atoms with Gasteiger partial charge in [0.1, 0.15) is 11.4 Å². The topological polar surface area (TPSA) is 113 Å². The number of phenolic OH excluding ortho intramolecular Hbond substituents is 1. The zero-order chi connectivity index (χ0) is 26.1. The van der Waals surface area contributed by atoms with Gasteiger partial charge in [0.25, 0.3) is 5.56 Å². The van der Waals surface area contributed by atoms with Gasteiger partial charge in [0.15, 0.2) is 11.2 Å². The second-order valence-electron chi connectivity index (χ2n) is 9.86. The number of hydrogen-bond acceptors (Lipinski definition) is 5. The van der Waals surface area contributed by atoms with Crippen LogP contribution in [0.5, 0.6) is 11.5 Å².